The number of nitrogens with two attached hydrogens (primary N) is 3. The van der Waals surface area contributed by atoms with E-state index < -0.39 is 59.1 Å². The number of fused-ring (bicyclic) bond motifs is 2. The number of hydrogen-bond donors (Lipinski definition) is 7. The number of thioether (sulfide) groups is 1. The maximum Gasteiger partial charge on any atom is 0.247 e. The lowest BCUT2D eigenvalue weighted by molar-refractivity contribution is -0.155. The van der Waals surface area contributed by atoms with Gasteiger partial charge in [-0.1, -0.05) is 18.2 Å². The fourth-order valence-corrected chi connectivity index (χ4v) is 6.93. The van der Waals surface area contributed by atoms with Crippen LogP contribution in [0.15, 0.2) is 35.5 Å². The Bertz CT molecular complexity index is 1520. The molecule has 2 fully saturated rings. The molecular formula is C29H40N10O6S. The number of amides is 6. The molecule has 2 aliphatic rings. The predicted octanol–water partition coefficient (Wildman–Crippen LogP) is -2.14. The van der Waals surface area contributed by atoms with Gasteiger partial charge in [0.15, 0.2) is 5.96 Å². The highest BCUT2D eigenvalue weighted by atomic mass is 32.2. The zero-order chi connectivity index (χ0) is 33.5. The highest BCUT2D eigenvalue weighted by Gasteiger charge is 2.49. The Kier molecular flexibility index (Phi) is 11.1. The van der Waals surface area contributed by atoms with E-state index in [1.54, 1.807) is 6.20 Å². The first-order valence-corrected chi connectivity index (χ1v) is 15.9. The molecule has 0 aliphatic carbocycles. The molecule has 2 aromatic rings. The van der Waals surface area contributed by atoms with Crippen molar-refractivity contribution in [3.05, 3.63) is 36.0 Å². The van der Waals surface area contributed by atoms with Crippen molar-refractivity contribution in [1.29, 1.82) is 0 Å². The monoisotopic (exact) mass is 656 g/mol. The summed E-state index contributed by atoms with van der Waals surface area (Å²) >= 11 is 1.38. The van der Waals surface area contributed by atoms with Crippen molar-refractivity contribution in [2.45, 2.75) is 62.7 Å². The largest absolute Gasteiger partial charge is 0.370 e. The molecule has 1 aromatic carbocycles. The molecule has 3 heterocycles. The first-order valence-electron chi connectivity index (χ1n) is 14.8. The van der Waals surface area contributed by atoms with E-state index in [9.17, 15) is 28.8 Å². The van der Waals surface area contributed by atoms with E-state index in [4.69, 9.17) is 17.2 Å². The van der Waals surface area contributed by atoms with Gasteiger partial charge < -0.3 is 47.9 Å². The Morgan fingerprint density at radius 3 is 2.54 bits per heavy atom. The summed E-state index contributed by atoms with van der Waals surface area (Å²) in [6, 6.07) is 3.81. The van der Waals surface area contributed by atoms with E-state index in [2.05, 4.69) is 25.9 Å². The number of rotatable bonds is 13. The number of aromatic amines is 1. The molecule has 0 bridgehead atoms. The van der Waals surface area contributed by atoms with Gasteiger partial charge in [-0.05, 0) is 31.4 Å². The van der Waals surface area contributed by atoms with E-state index in [0.29, 0.717) is 6.42 Å². The number of piperazine rings is 1. The van der Waals surface area contributed by atoms with Gasteiger partial charge in [-0.2, -0.15) is 0 Å². The number of nitrogens with zero attached hydrogens (tertiary/aromatic N) is 3. The van der Waals surface area contributed by atoms with Gasteiger partial charge in [0, 0.05) is 42.7 Å². The highest BCUT2D eigenvalue weighted by molar-refractivity contribution is 8.00. The second-order valence-corrected chi connectivity index (χ2v) is 12.5. The molecule has 0 unspecified atom stereocenters. The molecule has 4 rings (SSSR count). The van der Waals surface area contributed by atoms with Crippen LogP contribution in [0.3, 0.4) is 0 Å². The molecular weight excluding hydrogens is 616 g/mol. The molecule has 6 amide bonds. The normalized spacial score (nSPS) is 20.8. The van der Waals surface area contributed by atoms with Crippen molar-refractivity contribution < 1.29 is 28.8 Å². The number of aliphatic imine (C=N–C) groups is 1. The van der Waals surface area contributed by atoms with Crippen LogP contribution in [0.1, 0.15) is 32.3 Å². The molecule has 2 saturated heterocycles. The molecule has 16 nitrogen and oxygen atoms in total. The Morgan fingerprint density at radius 2 is 1.85 bits per heavy atom. The van der Waals surface area contributed by atoms with Gasteiger partial charge in [0.25, 0.3) is 0 Å². The molecule has 5 atom stereocenters. The lowest BCUT2D eigenvalue weighted by Gasteiger charge is -2.49. The molecule has 1 aromatic heterocycles. The summed E-state index contributed by atoms with van der Waals surface area (Å²) in [4.78, 5) is 87.1. The van der Waals surface area contributed by atoms with E-state index in [-0.39, 0.29) is 50.1 Å². The number of hydrogen-bond acceptors (Lipinski definition) is 8. The van der Waals surface area contributed by atoms with Crippen molar-refractivity contribution in [2.24, 2.45) is 22.2 Å². The third-order valence-corrected chi connectivity index (χ3v) is 9.09. The topological polar surface area (TPSA) is 251 Å². The van der Waals surface area contributed by atoms with Crippen molar-refractivity contribution in [3.8, 4) is 0 Å². The quantitative estimate of drug-likeness (QED) is 0.0704. The summed E-state index contributed by atoms with van der Waals surface area (Å²) in [6.45, 7) is 2.76. The van der Waals surface area contributed by atoms with Crippen LogP contribution in [-0.2, 0) is 35.2 Å². The lowest BCUT2D eigenvalue weighted by atomic mass is 9.99. The van der Waals surface area contributed by atoms with Gasteiger partial charge in [0.05, 0.1) is 18.5 Å². The van der Waals surface area contributed by atoms with Crippen LogP contribution in [0.4, 0.5) is 0 Å². The van der Waals surface area contributed by atoms with Crippen LogP contribution < -0.4 is 33.2 Å². The summed E-state index contributed by atoms with van der Waals surface area (Å²) in [5, 5.41) is 8.20. The zero-order valence-corrected chi connectivity index (χ0v) is 26.5. The Balaban J connectivity index is 1.53. The average Bonchev–Trinajstić information content (AvgIpc) is 3.40. The van der Waals surface area contributed by atoms with Crippen molar-refractivity contribution >= 4 is 64.1 Å². The molecule has 46 heavy (non-hydrogen) atoms. The number of guanidine groups is 1. The zero-order valence-electron chi connectivity index (χ0n) is 25.7. The smallest absolute Gasteiger partial charge is 0.247 e. The van der Waals surface area contributed by atoms with Crippen LogP contribution >= 0.6 is 11.8 Å². The van der Waals surface area contributed by atoms with Crippen LogP contribution in [0.25, 0.3) is 10.9 Å². The van der Waals surface area contributed by atoms with Crippen LogP contribution in [-0.4, -0.2) is 111 Å². The number of carbonyl (C=O) groups excluding carboxylic acids is 6. The van der Waals surface area contributed by atoms with Crippen LogP contribution in [0, 0.1) is 0 Å². The van der Waals surface area contributed by atoms with E-state index in [1.165, 1.54) is 35.4 Å². The van der Waals surface area contributed by atoms with Crippen molar-refractivity contribution in [3.63, 3.8) is 0 Å². The Morgan fingerprint density at radius 1 is 1.11 bits per heavy atom. The maximum absolute atomic E-state index is 14.0. The SMILES string of the molecule is CC(=O)N[C@@H](C)C(=O)N[C@H]1CS[C@@H]2CN(CC(=O)N[C@@H](CCCN=C(N)N)C(N)=O)C(=O)[C@H](Cc3c[nH]c4ccccc34)N2C1=O. The average molecular weight is 657 g/mol. The van der Waals surface area contributed by atoms with Crippen molar-refractivity contribution in [1.82, 2.24) is 30.7 Å². The van der Waals surface area contributed by atoms with Gasteiger partial charge in [-0.15, -0.1) is 11.8 Å². The summed E-state index contributed by atoms with van der Waals surface area (Å²) in [7, 11) is 0. The fourth-order valence-electron chi connectivity index (χ4n) is 5.59. The molecule has 0 spiro atoms. The number of aromatic nitrogens is 1. The minimum Gasteiger partial charge on any atom is -0.370 e. The second-order valence-electron chi connectivity index (χ2n) is 11.3. The summed E-state index contributed by atoms with van der Waals surface area (Å²) < 4.78 is 0. The first kappa shape index (κ1) is 34.1. The Labute approximate surface area is 269 Å². The van der Waals surface area contributed by atoms with E-state index >= 15 is 0 Å². The van der Waals surface area contributed by atoms with Gasteiger partial charge in [0.2, 0.25) is 35.4 Å². The van der Waals surface area contributed by atoms with Crippen LogP contribution in [0.5, 0.6) is 0 Å². The number of carbonyl (C=O) groups is 6. The number of primary amides is 1. The van der Waals surface area contributed by atoms with Gasteiger partial charge in [0.1, 0.15) is 24.2 Å². The standard InChI is InChI=1S/C29H40N10O6S/c1-15(35-16(2)40)26(43)37-21-14-46-24-13-38(12-23(41)36-20(25(30)42)8-5-9-33-29(31)32)28(45)22(39(24)27(21)44)10-17-11-34-19-7-4-3-6-18(17)19/h3-4,6-7,11,15,20-22,24,34H,5,8-10,12-14H2,1-2H3,(H2,30,42)(H,35,40)(H,36,41)(H,37,43)(H4,31,32,33)/t15-,20-,21-,22-,24+/m0/s1. The molecule has 2 aliphatic heterocycles. The molecule has 248 valence electrons. The highest BCUT2D eigenvalue weighted by Crippen LogP contribution is 2.33. The number of para-hydroxylation sites is 1. The van der Waals surface area contributed by atoms with Crippen LogP contribution in [0.2, 0.25) is 0 Å². The summed E-state index contributed by atoms with van der Waals surface area (Å²) in [6.07, 6.45) is 2.53. The molecule has 0 radical (unpaired) electrons. The lowest BCUT2D eigenvalue weighted by Crippen LogP contribution is -2.69. The van der Waals surface area contributed by atoms with Gasteiger partial charge in [-0.3, -0.25) is 33.8 Å². The Hall–Kier alpha value is -4.80. The molecule has 17 heteroatoms. The number of benzene rings is 1. The number of H-pyrrole nitrogens is 1. The minimum atomic E-state index is -0.991. The predicted molar refractivity (Wildman–Crippen MR) is 172 cm³/mol. The fraction of sp³-hybridized carbons (Fsp3) is 0.483. The third kappa shape index (κ3) is 8.26. The third-order valence-electron chi connectivity index (χ3n) is 7.80. The van der Waals surface area contributed by atoms with E-state index in [0.717, 1.165) is 16.5 Å². The second kappa shape index (κ2) is 15.0. The number of nitrogens with one attached hydrogen (secondary N) is 4. The molecule has 0 saturated carbocycles. The minimum absolute atomic E-state index is 0.0573. The van der Waals surface area contributed by atoms with E-state index in [1.807, 2.05) is 24.3 Å². The van der Waals surface area contributed by atoms with Gasteiger partial charge >= 0.3 is 0 Å². The first-order chi connectivity index (χ1) is 21.8. The molecule has 10 N–H and O–H groups in total. The van der Waals surface area contributed by atoms with Crippen molar-refractivity contribution in [2.75, 3.05) is 25.4 Å². The van der Waals surface area contributed by atoms with Gasteiger partial charge in [-0.25, -0.2) is 0 Å². The maximum atomic E-state index is 14.0. The summed E-state index contributed by atoms with van der Waals surface area (Å²) in [5.41, 5.74) is 17.8. The summed E-state index contributed by atoms with van der Waals surface area (Å²) in [5.74, 6) is -2.97.